The molecule has 2 heteroatoms. The topological polar surface area (TPSA) is 16.1 Å². The van der Waals surface area contributed by atoms with Gasteiger partial charge in [-0.3, -0.25) is 4.98 Å². The highest BCUT2D eigenvalue weighted by Crippen LogP contribution is 2.54. The number of hydrogen-bond donors (Lipinski definition) is 0. The van der Waals surface area contributed by atoms with Crippen molar-refractivity contribution < 1.29 is 0 Å². The first-order valence-corrected chi connectivity index (χ1v) is 12.6. The molecule has 0 atom stereocenters. The summed E-state index contributed by atoms with van der Waals surface area (Å²) in [4.78, 5) is 7.47. The molecule has 0 radical (unpaired) electrons. The van der Waals surface area contributed by atoms with E-state index < -0.39 is 0 Å². The lowest BCUT2D eigenvalue weighted by Crippen LogP contribution is -2.26. The van der Waals surface area contributed by atoms with Gasteiger partial charge in [0.2, 0.25) is 0 Å². The van der Waals surface area contributed by atoms with E-state index in [9.17, 15) is 0 Å². The van der Waals surface area contributed by atoms with Crippen molar-refractivity contribution in [2.24, 2.45) is 0 Å². The first-order chi connectivity index (χ1) is 17.3. The molecule has 164 valence electrons. The SMILES string of the molecule is c1ccc2c(c1)Cc1cc3c(cc1-2)N1c2ccc4c(c2Cc2nccc(c21)C3)Cc1ccccc1-4. The van der Waals surface area contributed by atoms with Crippen LogP contribution in [0.5, 0.6) is 0 Å². The summed E-state index contributed by atoms with van der Waals surface area (Å²) in [6.07, 6.45) is 5.96. The van der Waals surface area contributed by atoms with Crippen LogP contribution in [0.15, 0.2) is 85.1 Å². The Kier molecular flexibility index (Phi) is 3.27. The van der Waals surface area contributed by atoms with Crippen LogP contribution in [-0.2, 0) is 25.7 Å². The van der Waals surface area contributed by atoms with Gasteiger partial charge in [-0.05, 0) is 92.2 Å². The molecule has 0 saturated heterocycles. The van der Waals surface area contributed by atoms with Gasteiger partial charge in [0.1, 0.15) is 0 Å². The molecule has 1 aromatic heterocycles. The van der Waals surface area contributed by atoms with Crippen LogP contribution in [-0.4, -0.2) is 4.98 Å². The first-order valence-electron chi connectivity index (χ1n) is 12.6. The fraction of sp³-hybridized carbons (Fsp3) is 0.121. The van der Waals surface area contributed by atoms with Crippen molar-refractivity contribution in [1.82, 2.24) is 4.98 Å². The molecule has 3 heterocycles. The van der Waals surface area contributed by atoms with Crippen molar-refractivity contribution in [2.45, 2.75) is 25.7 Å². The van der Waals surface area contributed by atoms with E-state index in [2.05, 4.69) is 83.8 Å². The molecule has 0 amide bonds. The van der Waals surface area contributed by atoms with Crippen molar-refractivity contribution in [2.75, 3.05) is 4.90 Å². The maximum Gasteiger partial charge on any atom is 0.0716 e. The van der Waals surface area contributed by atoms with E-state index in [-0.39, 0.29) is 0 Å². The van der Waals surface area contributed by atoms with Gasteiger partial charge in [-0.1, -0.05) is 60.7 Å². The summed E-state index contributed by atoms with van der Waals surface area (Å²) in [6, 6.07) is 29.7. The number of nitrogens with zero attached hydrogens (tertiary/aromatic N) is 2. The summed E-state index contributed by atoms with van der Waals surface area (Å²) in [5.41, 5.74) is 20.9. The van der Waals surface area contributed by atoms with E-state index in [1.807, 2.05) is 6.20 Å². The Morgan fingerprint density at radius 1 is 0.514 bits per heavy atom. The molecule has 9 rings (SSSR count). The van der Waals surface area contributed by atoms with Crippen LogP contribution in [0.4, 0.5) is 17.1 Å². The molecule has 4 aromatic carbocycles. The molecule has 0 spiro atoms. The molecule has 0 N–H and O–H groups in total. The van der Waals surface area contributed by atoms with Gasteiger partial charge in [0.05, 0.1) is 22.8 Å². The second kappa shape index (κ2) is 6.28. The number of pyridine rings is 1. The van der Waals surface area contributed by atoms with Crippen LogP contribution >= 0.6 is 0 Å². The Morgan fingerprint density at radius 2 is 1.29 bits per heavy atom. The predicted octanol–water partition coefficient (Wildman–Crippen LogP) is 7.50. The Balaban J connectivity index is 1.31. The van der Waals surface area contributed by atoms with E-state index >= 15 is 0 Å². The van der Waals surface area contributed by atoms with Gasteiger partial charge in [-0.15, -0.1) is 0 Å². The average Bonchev–Trinajstić information content (AvgIpc) is 3.45. The van der Waals surface area contributed by atoms with Crippen molar-refractivity contribution in [1.29, 1.82) is 0 Å². The highest BCUT2D eigenvalue weighted by Gasteiger charge is 2.36. The number of fused-ring (bicyclic) bond motifs is 11. The van der Waals surface area contributed by atoms with Gasteiger partial charge >= 0.3 is 0 Å². The molecule has 0 saturated carbocycles. The van der Waals surface area contributed by atoms with Gasteiger partial charge < -0.3 is 4.90 Å². The quantitative estimate of drug-likeness (QED) is 0.240. The molecule has 0 fully saturated rings. The standard InChI is InChI=1S/C33H22N2/c1-4-8-25-19(5-1)13-22-15-23-14-21-11-12-34-30-17-29-28-16-20-6-2-3-7-24(20)26(28)9-10-31(29)35(33(21)30)32(23)18-27(22)25/h1-12,15,18H,13-14,16-17H2. The van der Waals surface area contributed by atoms with E-state index in [0.717, 1.165) is 25.7 Å². The lowest BCUT2D eigenvalue weighted by atomic mass is 9.85. The Bertz CT molecular complexity index is 1760. The Morgan fingerprint density at radius 3 is 2.17 bits per heavy atom. The molecular weight excluding hydrogens is 424 g/mol. The third-order valence-electron chi connectivity index (χ3n) is 8.59. The lowest BCUT2D eigenvalue weighted by Gasteiger charge is -2.39. The molecule has 5 aromatic rings. The molecule has 2 nitrogen and oxygen atoms in total. The zero-order valence-electron chi connectivity index (χ0n) is 19.3. The van der Waals surface area contributed by atoms with Crippen molar-refractivity contribution in [3.63, 3.8) is 0 Å². The highest BCUT2D eigenvalue weighted by molar-refractivity contribution is 5.94. The largest absolute Gasteiger partial charge is 0.308 e. The third kappa shape index (κ3) is 2.27. The lowest BCUT2D eigenvalue weighted by molar-refractivity contribution is 0.948. The summed E-state index contributed by atoms with van der Waals surface area (Å²) >= 11 is 0. The number of aromatic nitrogens is 1. The third-order valence-corrected chi connectivity index (χ3v) is 8.59. The van der Waals surface area contributed by atoms with E-state index in [1.54, 1.807) is 0 Å². The van der Waals surface area contributed by atoms with Crippen molar-refractivity contribution in [3.05, 3.63) is 130 Å². The predicted molar refractivity (Wildman–Crippen MR) is 141 cm³/mol. The van der Waals surface area contributed by atoms with Crippen molar-refractivity contribution >= 4 is 17.1 Å². The molecule has 0 unspecified atom stereocenters. The highest BCUT2D eigenvalue weighted by atomic mass is 15.2. The minimum atomic E-state index is 0.912. The van der Waals surface area contributed by atoms with Crippen molar-refractivity contribution in [3.8, 4) is 22.3 Å². The maximum atomic E-state index is 4.93. The maximum absolute atomic E-state index is 4.93. The fourth-order valence-corrected chi connectivity index (χ4v) is 7.07. The van der Waals surface area contributed by atoms with Gasteiger partial charge in [0.25, 0.3) is 0 Å². The summed E-state index contributed by atoms with van der Waals surface area (Å²) < 4.78 is 0. The summed E-state index contributed by atoms with van der Waals surface area (Å²) in [5, 5.41) is 0. The van der Waals surface area contributed by atoms with Gasteiger partial charge in [-0.25, -0.2) is 0 Å². The van der Waals surface area contributed by atoms with Crippen LogP contribution < -0.4 is 4.90 Å². The number of benzene rings is 4. The second-order valence-corrected chi connectivity index (χ2v) is 10.3. The zero-order chi connectivity index (χ0) is 22.7. The monoisotopic (exact) mass is 446 g/mol. The summed E-state index contributed by atoms with van der Waals surface area (Å²) in [7, 11) is 0. The molecule has 2 aliphatic heterocycles. The first kappa shape index (κ1) is 18.2. The van der Waals surface area contributed by atoms with Gasteiger partial charge in [-0.2, -0.15) is 0 Å². The van der Waals surface area contributed by atoms with E-state index in [4.69, 9.17) is 4.98 Å². The van der Waals surface area contributed by atoms with Crippen LogP contribution in [0, 0.1) is 0 Å². The summed E-state index contributed by atoms with van der Waals surface area (Å²) in [6.45, 7) is 0. The Labute approximate surface area is 204 Å². The van der Waals surface area contributed by atoms with E-state index in [0.29, 0.717) is 0 Å². The normalized spacial score (nSPS) is 14.9. The number of anilines is 3. The van der Waals surface area contributed by atoms with Gasteiger partial charge in [0, 0.05) is 19.0 Å². The molecule has 4 aliphatic rings. The fourth-order valence-electron chi connectivity index (χ4n) is 7.07. The van der Waals surface area contributed by atoms with Crippen LogP contribution in [0.25, 0.3) is 22.3 Å². The molecule has 35 heavy (non-hydrogen) atoms. The number of hydrogen-bond acceptors (Lipinski definition) is 2. The van der Waals surface area contributed by atoms with Crippen LogP contribution in [0.3, 0.4) is 0 Å². The second-order valence-electron chi connectivity index (χ2n) is 10.3. The average molecular weight is 447 g/mol. The minimum Gasteiger partial charge on any atom is -0.308 e. The van der Waals surface area contributed by atoms with Crippen LogP contribution in [0.1, 0.15) is 44.6 Å². The number of rotatable bonds is 0. The minimum absolute atomic E-state index is 0.912. The van der Waals surface area contributed by atoms with E-state index in [1.165, 1.54) is 84.0 Å². The van der Waals surface area contributed by atoms with Gasteiger partial charge in [0.15, 0.2) is 0 Å². The zero-order valence-corrected chi connectivity index (χ0v) is 19.3. The smallest absolute Gasteiger partial charge is 0.0716 e. The molecular formula is C33H22N2. The van der Waals surface area contributed by atoms with Crippen LogP contribution in [0.2, 0.25) is 0 Å². The summed E-state index contributed by atoms with van der Waals surface area (Å²) in [5.74, 6) is 0. The molecule has 0 bridgehead atoms. The Hall–Kier alpha value is -4.17. The molecule has 2 aliphatic carbocycles.